The molecule has 1 aromatic heterocycles. The Morgan fingerprint density at radius 2 is 2.11 bits per heavy atom. The van der Waals surface area contributed by atoms with Crippen molar-refractivity contribution in [2.24, 2.45) is 5.73 Å². The average Bonchev–Trinajstić information content (AvgIpc) is 2.66. The number of hydrogen-bond donors (Lipinski definition) is 2. The van der Waals surface area contributed by atoms with Gasteiger partial charge in [0, 0.05) is 30.8 Å². The third-order valence-electron chi connectivity index (χ3n) is 4.79. The first kappa shape index (κ1) is 18.8. The van der Waals surface area contributed by atoms with Gasteiger partial charge in [-0.2, -0.15) is 0 Å². The summed E-state index contributed by atoms with van der Waals surface area (Å²) in [7, 11) is 0. The molecule has 8 heteroatoms. The van der Waals surface area contributed by atoms with Gasteiger partial charge >= 0.3 is 6.09 Å². The molecule has 2 atom stereocenters. The summed E-state index contributed by atoms with van der Waals surface area (Å²) >= 11 is 0. The van der Waals surface area contributed by atoms with E-state index in [9.17, 15) is 19.1 Å². The fourth-order valence-corrected chi connectivity index (χ4v) is 3.47. The molecule has 3 rings (SSSR count). The van der Waals surface area contributed by atoms with Crippen LogP contribution in [0.25, 0.3) is 11.1 Å². The first-order valence-electron chi connectivity index (χ1n) is 8.67. The highest BCUT2D eigenvalue weighted by Crippen LogP contribution is 2.32. The normalized spacial score (nSPS) is 19.6. The Kier molecular flexibility index (Phi) is 5.66. The lowest BCUT2D eigenvalue weighted by Crippen LogP contribution is -2.55. The van der Waals surface area contributed by atoms with Gasteiger partial charge in [0.25, 0.3) is 0 Å². The van der Waals surface area contributed by atoms with Crippen molar-refractivity contribution in [2.75, 3.05) is 18.0 Å². The van der Waals surface area contributed by atoms with Crippen molar-refractivity contribution < 1.29 is 19.1 Å². The van der Waals surface area contributed by atoms with Gasteiger partial charge in [-0.15, -0.1) is 0 Å². The molecule has 1 aliphatic heterocycles. The number of amides is 1. The number of nitrogens with two attached hydrogens (primary N) is 1. The number of aromatic nitrogens is 1. The summed E-state index contributed by atoms with van der Waals surface area (Å²) in [5.74, 6) is 0.359. The first-order chi connectivity index (χ1) is 13.0. The Bertz CT molecular complexity index is 815. The summed E-state index contributed by atoms with van der Waals surface area (Å²) in [4.78, 5) is 29.7. The van der Waals surface area contributed by atoms with Crippen LogP contribution in [0, 0.1) is 5.82 Å². The topological polar surface area (TPSA) is 99.8 Å². The molecular weight excluding hydrogens is 351 g/mol. The van der Waals surface area contributed by atoms with E-state index in [-0.39, 0.29) is 18.4 Å². The minimum Gasteiger partial charge on any atom is -0.465 e. The molecule has 2 unspecified atom stereocenters. The number of piperidine rings is 1. The van der Waals surface area contributed by atoms with Crippen LogP contribution in [0.4, 0.5) is 15.0 Å². The number of benzene rings is 1. The molecule has 2 heterocycles. The summed E-state index contributed by atoms with van der Waals surface area (Å²) < 4.78 is 13.2. The molecule has 0 spiro atoms. The zero-order chi connectivity index (χ0) is 19.4. The van der Waals surface area contributed by atoms with Crippen molar-refractivity contribution in [3.8, 4) is 11.1 Å². The van der Waals surface area contributed by atoms with Gasteiger partial charge in [-0.3, -0.25) is 4.90 Å². The zero-order valence-electron chi connectivity index (χ0n) is 14.7. The Morgan fingerprint density at radius 3 is 2.74 bits per heavy atom. The zero-order valence-corrected chi connectivity index (χ0v) is 14.7. The number of carboxylic acid groups (broad SMARTS) is 1. The van der Waals surface area contributed by atoms with Gasteiger partial charge in [0.2, 0.25) is 0 Å². The van der Waals surface area contributed by atoms with Crippen molar-refractivity contribution in [3.05, 3.63) is 48.4 Å². The molecule has 1 aromatic carbocycles. The fourth-order valence-electron chi connectivity index (χ4n) is 3.47. The Balaban J connectivity index is 1.84. The second kappa shape index (κ2) is 8.13. The number of pyridine rings is 1. The van der Waals surface area contributed by atoms with E-state index in [0.29, 0.717) is 31.5 Å². The molecule has 0 bridgehead atoms. The van der Waals surface area contributed by atoms with Crippen LogP contribution >= 0.6 is 0 Å². The van der Waals surface area contributed by atoms with E-state index in [1.165, 1.54) is 12.1 Å². The summed E-state index contributed by atoms with van der Waals surface area (Å²) in [6.07, 6.45) is 1.59. The highest BCUT2D eigenvalue weighted by molar-refractivity contribution is 5.76. The van der Waals surface area contributed by atoms with Crippen molar-refractivity contribution in [3.63, 3.8) is 0 Å². The maximum atomic E-state index is 13.2. The number of rotatable bonds is 5. The summed E-state index contributed by atoms with van der Waals surface area (Å²) in [5, 5.41) is 9.31. The van der Waals surface area contributed by atoms with Crippen LogP contribution in [0.15, 0.2) is 42.6 Å². The number of hydrogen-bond acceptors (Lipinski definition) is 5. The summed E-state index contributed by atoms with van der Waals surface area (Å²) in [5.41, 5.74) is 7.97. The predicted octanol–water partition coefficient (Wildman–Crippen LogP) is 2.32. The predicted molar refractivity (Wildman–Crippen MR) is 98.8 cm³/mol. The molecule has 1 amide bonds. The number of aldehydes is 1. The van der Waals surface area contributed by atoms with Crippen LogP contribution in [0.5, 0.6) is 0 Å². The molecule has 7 nitrogen and oxygen atoms in total. The molecule has 1 saturated heterocycles. The average molecular weight is 372 g/mol. The third kappa shape index (κ3) is 4.06. The quantitative estimate of drug-likeness (QED) is 0.782. The van der Waals surface area contributed by atoms with Gasteiger partial charge < -0.3 is 20.5 Å². The van der Waals surface area contributed by atoms with E-state index in [0.717, 1.165) is 16.0 Å². The largest absolute Gasteiger partial charge is 0.465 e. The van der Waals surface area contributed by atoms with Gasteiger partial charge in [0.1, 0.15) is 17.9 Å². The maximum Gasteiger partial charge on any atom is 0.407 e. The number of carbonyl (C=O) groups is 2. The van der Waals surface area contributed by atoms with Gasteiger partial charge in [-0.1, -0.05) is 12.1 Å². The maximum absolute atomic E-state index is 13.2. The lowest BCUT2D eigenvalue weighted by atomic mass is 9.99. The van der Waals surface area contributed by atoms with E-state index >= 15 is 0 Å². The molecule has 0 radical (unpaired) electrons. The van der Waals surface area contributed by atoms with Crippen molar-refractivity contribution >= 4 is 18.2 Å². The van der Waals surface area contributed by atoms with Crippen molar-refractivity contribution in [1.82, 2.24) is 9.88 Å². The van der Waals surface area contributed by atoms with E-state index < -0.39 is 12.3 Å². The van der Waals surface area contributed by atoms with Gasteiger partial charge in [-0.25, -0.2) is 14.2 Å². The van der Waals surface area contributed by atoms with E-state index in [4.69, 9.17) is 5.73 Å². The highest BCUT2D eigenvalue weighted by Gasteiger charge is 2.33. The van der Waals surface area contributed by atoms with Crippen LogP contribution in [-0.4, -0.2) is 52.7 Å². The lowest BCUT2D eigenvalue weighted by molar-refractivity contribution is -0.109. The third-order valence-corrected chi connectivity index (χ3v) is 4.79. The molecule has 0 saturated carbocycles. The Morgan fingerprint density at radius 1 is 1.37 bits per heavy atom. The van der Waals surface area contributed by atoms with Crippen LogP contribution in [0.2, 0.25) is 0 Å². The molecule has 0 aliphatic carbocycles. The smallest absolute Gasteiger partial charge is 0.407 e. The number of halogens is 1. The van der Waals surface area contributed by atoms with Gasteiger partial charge in [0.15, 0.2) is 0 Å². The van der Waals surface area contributed by atoms with Crippen molar-refractivity contribution in [1.29, 1.82) is 0 Å². The standard InChI is InChI=1S/C19H21FN4O3/c20-14-5-3-13(4-6-14)16-2-1-8-22-18(16)24-9-7-15(12-17(24)21)23(10-11-25)19(26)27/h1-6,8,11,15,17H,7,9-10,12,21H2,(H,26,27). The Labute approximate surface area is 156 Å². The first-order valence-corrected chi connectivity index (χ1v) is 8.67. The summed E-state index contributed by atoms with van der Waals surface area (Å²) in [6, 6.07) is 9.53. The fraction of sp³-hybridized carbons (Fsp3) is 0.316. The van der Waals surface area contributed by atoms with Gasteiger partial charge in [0.05, 0.1) is 12.7 Å². The minimum atomic E-state index is -1.13. The molecule has 3 N–H and O–H groups in total. The number of nitrogens with zero attached hydrogens (tertiary/aromatic N) is 3. The molecule has 27 heavy (non-hydrogen) atoms. The SMILES string of the molecule is NC1CC(N(CC=O)C(=O)O)CCN1c1ncccc1-c1ccc(F)cc1. The molecule has 2 aromatic rings. The monoisotopic (exact) mass is 372 g/mol. The van der Waals surface area contributed by atoms with Crippen LogP contribution in [-0.2, 0) is 4.79 Å². The van der Waals surface area contributed by atoms with E-state index in [1.807, 2.05) is 11.0 Å². The molecule has 142 valence electrons. The molecule has 1 fully saturated rings. The van der Waals surface area contributed by atoms with E-state index in [1.54, 1.807) is 24.4 Å². The van der Waals surface area contributed by atoms with E-state index in [2.05, 4.69) is 4.98 Å². The van der Waals surface area contributed by atoms with Crippen LogP contribution in [0.3, 0.4) is 0 Å². The van der Waals surface area contributed by atoms with Crippen LogP contribution in [0.1, 0.15) is 12.8 Å². The number of anilines is 1. The summed E-state index contributed by atoms with van der Waals surface area (Å²) in [6.45, 7) is 0.330. The highest BCUT2D eigenvalue weighted by atomic mass is 19.1. The minimum absolute atomic E-state index is 0.170. The second-order valence-electron chi connectivity index (χ2n) is 6.42. The van der Waals surface area contributed by atoms with Gasteiger partial charge in [-0.05, 0) is 36.2 Å². The van der Waals surface area contributed by atoms with Crippen LogP contribution < -0.4 is 10.6 Å². The molecule has 1 aliphatic rings. The second-order valence-corrected chi connectivity index (χ2v) is 6.42. The van der Waals surface area contributed by atoms with Crippen molar-refractivity contribution in [2.45, 2.75) is 25.0 Å². The lowest BCUT2D eigenvalue weighted by Gasteiger charge is -2.41. The Hall–Kier alpha value is -3.00. The molecular formula is C19H21FN4O3. The number of carbonyl (C=O) groups excluding carboxylic acids is 1.